The van der Waals surface area contributed by atoms with E-state index >= 15 is 0 Å². The van der Waals surface area contributed by atoms with Crippen LogP contribution in [0.15, 0.2) is 176 Å². The first-order valence-electron chi connectivity index (χ1n) is 16.3. The Morgan fingerprint density at radius 2 is 0.766 bits per heavy atom. The summed E-state index contributed by atoms with van der Waals surface area (Å²) < 4.78 is 0. The average Bonchev–Trinajstić information content (AvgIpc) is 3.47. The molecule has 0 radical (unpaired) electrons. The van der Waals surface area contributed by atoms with Crippen LogP contribution in [0.3, 0.4) is 0 Å². The quantitative estimate of drug-likeness (QED) is 0.138. The van der Waals surface area contributed by atoms with E-state index in [9.17, 15) is 0 Å². The van der Waals surface area contributed by atoms with Crippen molar-refractivity contribution in [3.8, 4) is 27.6 Å². The third kappa shape index (κ3) is 4.02. The highest BCUT2D eigenvalue weighted by Gasteiger charge is 2.19. The Balaban J connectivity index is 1.25. The highest BCUT2D eigenvalue weighted by Crippen LogP contribution is 2.56. The molecule has 0 amide bonds. The number of hydrogen-bond donors (Lipinski definition) is 0. The first kappa shape index (κ1) is 26.5. The van der Waals surface area contributed by atoms with E-state index in [0.29, 0.717) is 0 Å². The lowest BCUT2D eigenvalue weighted by Gasteiger charge is -2.18. The van der Waals surface area contributed by atoms with Gasteiger partial charge in [-0.3, -0.25) is 0 Å². The predicted octanol–water partition coefficient (Wildman–Crippen LogP) is 13.9. The standard InChI is InChI=1S/C46H29P/c1-2-13-34(14-3-1)47-43-21-11-10-16-37(43)42-29-33(25-27-44(42)47)46-40-19-8-6-17-38(40)45(39-18-7-9-20-41(39)46)32-24-26-36-31(28-32)23-22-30-12-4-5-15-35(30)36/h1-29H. The lowest BCUT2D eigenvalue weighted by molar-refractivity contribution is 1.69. The summed E-state index contributed by atoms with van der Waals surface area (Å²) in [4.78, 5) is 0. The molecule has 0 spiro atoms. The van der Waals surface area contributed by atoms with Crippen molar-refractivity contribution in [1.82, 2.24) is 0 Å². The predicted molar refractivity (Wildman–Crippen MR) is 206 cm³/mol. The molecule has 10 rings (SSSR count). The maximum Gasteiger partial charge on any atom is 0.00687 e. The highest BCUT2D eigenvalue weighted by atomic mass is 31.1. The third-order valence-corrected chi connectivity index (χ3v) is 12.5. The van der Waals surface area contributed by atoms with Gasteiger partial charge in [-0.25, -0.2) is 0 Å². The maximum atomic E-state index is 2.47. The van der Waals surface area contributed by atoms with Crippen LogP contribution in [-0.4, -0.2) is 0 Å². The molecule has 1 heteroatoms. The van der Waals surface area contributed by atoms with Gasteiger partial charge in [0.05, 0.1) is 0 Å². The SMILES string of the molecule is c1ccc(-p2c3ccccc3c3cc(-c4c5ccccc5c(-c5ccc6c(ccc7ccccc76)c5)c5ccccc45)ccc32)cc1. The summed E-state index contributed by atoms with van der Waals surface area (Å²) >= 11 is 0. The van der Waals surface area contributed by atoms with E-state index < -0.39 is 7.53 Å². The van der Waals surface area contributed by atoms with Gasteiger partial charge in [-0.15, -0.1) is 0 Å². The zero-order valence-corrected chi connectivity index (χ0v) is 26.6. The van der Waals surface area contributed by atoms with E-state index in [2.05, 4.69) is 176 Å². The zero-order chi connectivity index (χ0) is 30.9. The molecule has 0 nitrogen and oxygen atoms in total. The summed E-state index contributed by atoms with van der Waals surface area (Å²) in [5.41, 5.74) is 5.13. The Morgan fingerprint density at radius 3 is 1.47 bits per heavy atom. The van der Waals surface area contributed by atoms with Gasteiger partial charge in [-0.1, -0.05) is 165 Å². The first-order chi connectivity index (χ1) is 23.3. The van der Waals surface area contributed by atoms with Crippen LogP contribution in [-0.2, 0) is 0 Å². The molecule has 1 aromatic heterocycles. The Bertz CT molecular complexity index is 2780. The van der Waals surface area contributed by atoms with E-state index in [-0.39, 0.29) is 0 Å². The van der Waals surface area contributed by atoms with Crippen molar-refractivity contribution < 1.29 is 0 Å². The fourth-order valence-corrected chi connectivity index (χ4v) is 10.5. The summed E-state index contributed by atoms with van der Waals surface area (Å²) in [6.07, 6.45) is 0. The van der Waals surface area contributed by atoms with Crippen LogP contribution < -0.4 is 0 Å². The molecule has 1 unspecified atom stereocenters. The van der Waals surface area contributed by atoms with E-state index in [1.807, 2.05) is 0 Å². The van der Waals surface area contributed by atoms with Crippen LogP contribution in [0.25, 0.3) is 91.7 Å². The molecule has 0 saturated carbocycles. The second-order valence-electron chi connectivity index (χ2n) is 12.5. The van der Waals surface area contributed by atoms with Gasteiger partial charge in [-0.2, -0.15) is 0 Å². The normalized spacial score (nSPS) is 12.2. The van der Waals surface area contributed by atoms with Gasteiger partial charge in [0.25, 0.3) is 0 Å². The molecular weight excluding hydrogens is 583 g/mol. The molecule has 0 aliphatic heterocycles. The zero-order valence-electron chi connectivity index (χ0n) is 25.7. The van der Waals surface area contributed by atoms with E-state index in [1.165, 1.54) is 91.7 Å². The molecule has 0 fully saturated rings. The van der Waals surface area contributed by atoms with Crippen LogP contribution in [0.2, 0.25) is 0 Å². The smallest absolute Gasteiger partial charge is 0.00687 e. The molecule has 0 saturated heterocycles. The monoisotopic (exact) mass is 612 g/mol. The molecule has 1 heterocycles. The fourth-order valence-electron chi connectivity index (χ4n) is 7.90. The van der Waals surface area contributed by atoms with E-state index in [4.69, 9.17) is 0 Å². The summed E-state index contributed by atoms with van der Waals surface area (Å²) in [6.45, 7) is 0. The van der Waals surface area contributed by atoms with Gasteiger partial charge in [0.1, 0.15) is 0 Å². The summed E-state index contributed by atoms with van der Waals surface area (Å²) in [5.74, 6) is 0. The summed E-state index contributed by atoms with van der Waals surface area (Å²) in [6, 6.07) is 65.5. The third-order valence-electron chi connectivity index (χ3n) is 9.94. The Labute approximate surface area is 274 Å². The molecule has 1 atom stereocenters. The van der Waals surface area contributed by atoms with Crippen molar-refractivity contribution in [2.75, 3.05) is 0 Å². The first-order valence-corrected chi connectivity index (χ1v) is 17.6. The van der Waals surface area contributed by atoms with Crippen molar-refractivity contribution in [3.05, 3.63) is 176 Å². The van der Waals surface area contributed by atoms with Crippen molar-refractivity contribution in [1.29, 1.82) is 0 Å². The minimum absolute atomic E-state index is 0.584. The van der Waals surface area contributed by atoms with E-state index in [0.717, 1.165) is 0 Å². The Morgan fingerprint density at radius 1 is 0.277 bits per heavy atom. The number of rotatable bonds is 3. The molecular formula is C46H29P. The molecule has 0 aliphatic rings. The van der Waals surface area contributed by atoms with Gasteiger partial charge in [0.2, 0.25) is 0 Å². The molecule has 9 aromatic carbocycles. The molecule has 0 aliphatic carbocycles. The van der Waals surface area contributed by atoms with Crippen LogP contribution in [0.5, 0.6) is 0 Å². The van der Waals surface area contributed by atoms with Gasteiger partial charge in [0.15, 0.2) is 0 Å². The van der Waals surface area contributed by atoms with Crippen LogP contribution in [0.1, 0.15) is 0 Å². The van der Waals surface area contributed by atoms with E-state index in [1.54, 1.807) is 0 Å². The average molecular weight is 613 g/mol. The van der Waals surface area contributed by atoms with Gasteiger partial charge in [-0.05, 0) is 99.6 Å². The Hall–Kier alpha value is -5.68. The topological polar surface area (TPSA) is 0 Å². The lowest BCUT2D eigenvalue weighted by atomic mass is 9.85. The van der Waals surface area contributed by atoms with Crippen molar-refractivity contribution in [2.45, 2.75) is 0 Å². The van der Waals surface area contributed by atoms with Crippen molar-refractivity contribution >= 4 is 71.6 Å². The minimum atomic E-state index is -0.584. The Kier molecular flexibility index (Phi) is 5.89. The number of fused-ring (bicyclic) bond motifs is 8. The fraction of sp³-hybridized carbons (Fsp3) is 0. The lowest BCUT2D eigenvalue weighted by Crippen LogP contribution is -1.91. The number of benzene rings is 9. The van der Waals surface area contributed by atoms with Gasteiger partial charge in [0, 0.05) is 10.2 Å². The van der Waals surface area contributed by atoms with Crippen LogP contribution in [0, 0.1) is 0 Å². The van der Waals surface area contributed by atoms with Gasteiger partial charge < -0.3 is 0 Å². The second kappa shape index (κ2) is 10.4. The van der Waals surface area contributed by atoms with Gasteiger partial charge >= 0.3 is 0 Å². The summed E-state index contributed by atoms with van der Waals surface area (Å²) in [7, 11) is -0.584. The largest absolute Gasteiger partial charge is 0.0772 e. The van der Waals surface area contributed by atoms with Crippen molar-refractivity contribution in [3.63, 3.8) is 0 Å². The van der Waals surface area contributed by atoms with Crippen molar-refractivity contribution in [2.24, 2.45) is 0 Å². The minimum Gasteiger partial charge on any atom is -0.0772 e. The molecule has 10 aromatic rings. The summed E-state index contributed by atoms with van der Waals surface area (Å²) in [5, 5.41) is 17.3. The van der Waals surface area contributed by atoms with Crippen LogP contribution >= 0.6 is 7.53 Å². The highest BCUT2D eigenvalue weighted by molar-refractivity contribution is 7.67. The second-order valence-corrected chi connectivity index (χ2v) is 14.6. The van der Waals surface area contributed by atoms with Crippen LogP contribution in [0.4, 0.5) is 0 Å². The number of hydrogen-bond acceptors (Lipinski definition) is 0. The molecule has 47 heavy (non-hydrogen) atoms. The molecule has 0 bridgehead atoms. The molecule has 218 valence electrons. The molecule has 0 N–H and O–H groups in total. The maximum absolute atomic E-state index is 2.47.